The van der Waals surface area contributed by atoms with Gasteiger partial charge in [-0.2, -0.15) is 0 Å². The summed E-state index contributed by atoms with van der Waals surface area (Å²) in [4.78, 5) is 0. The van der Waals surface area contributed by atoms with E-state index in [0.29, 0.717) is 27.9 Å². The predicted octanol–water partition coefficient (Wildman–Crippen LogP) is 8.73. The highest BCUT2D eigenvalue weighted by molar-refractivity contribution is 6.74. The lowest BCUT2D eigenvalue weighted by atomic mass is 9.43. The van der Waals surface area contributed by atoms with Gasteiger partial charge in [0, 0.05) is 0 Å². The smallest absolute Gasteiger partial charge is 0.192 e. The molecule has 8 atom stereocenters. The molecule has 0 bridgehead atoms. The summed E-state index contributed by atoms with van der Waals surface area (Å²) >= 11 is 0. The molecule has 0 spiro atoms. The van der Waals surface area contributed by atoms with E-state index in [2.05, 4.69) is 47.7 Å². The van der Waals surface area contributed by atoms with Gasteiger partial charge in [0.15, 0.2) is 8.32 Å². The van der Waals surface area contributed by atoms with Crippen molar-refractivity contribution in [3.63, 3.8) is 0 Å². The van der Waals surface area contributed by atoms with Crippen LogP contribution in [0.4, 0.5) is 0 Å². The first-order chi connectivity index (χ1) is 15.8. The van der Waals surface area contributed by atoms with E-state index in [9.17, 15) is 5.11 Å². The molecule has 5 aliphatic carbocycles. The maximum absolute atomic E-state index is 11.8. The van der Waals surface area contributed by atoms with Crippen molar-refractivity contribution < 1.29 is 9.53 Å². The Kier molecular flexibility index (Phi) is 6.51. The molecule has 196 valence electrons. The topological polar surface area (TPSA) is 29.5 Å². The minimum atomic E-state index is -1.74. The largest absolute Gasteiger partial charge is 0.413 e. The second-order valence-electron chi connectivity index (χ2n) is 15.8. The predicted molar refractivity (Wildman–Crippen MR) is 145 cm³/mol. The van der Waals surface area contributed by atoms with E-state index >= 15 is 0 Å². The minimum absolute atomic E-state index is 0.293. The van der Waals surface area contributed by atoms with E-state index < -0.39 is 8.32 Å². The van der Waals surface area contributed by atoms with E-state index in [-0.39, 0.29) is 5.60 Å². The highest BCUT2D eigenvalue weighted by Crippen LogP contribution is 2.68. The zero-order chi connectivity index (χ0) is 24.6. The molecule has 5 rings (SSSR count). The Balaban J connectivity index is 1.31. The number of rotatable bonds is 3. The summed E-state index contributed by atoms with van der Waals surface area (Å²) in [6.07, 6.45) is 18.8. The Hall–Kier alpha value is 0.137. The van der Waals surface area contributed by atoms with Gasteiger partial charge < -0.3 is 9.53 Å². The fourth-order valence-electron chi connectivity index (χ4n) is 9.96. The summed E-state index contributed by atoms with van der Waals surface area (Å²) in [5.74, 6) is 3.97. The van der Waals surface area contributed by atoms with Crippen molar-refractivity contribution >= 4 is 8.32 Å². The van der Waals surface area contributed by atoms with Gasteiger partial charge in [0.25, 0.3) is 0 Å². The van der Waals surface area contributed by atoms with Crippen LogP contribution < -0.4 is 0 Å². The molecule has 0 amide bonds. The molecule has 5 saturated carbocycles. The van der Waals surface area contributed by atoms with Gasteiger partial charge >= 0.3 is 0 Å². The standard InChI is InChI=1S/C31H56O2Si/c1-28(2,3)34(6,7)33-27-16-15-25-24-14-13-23-21-31(32,22-11-9-8-10-12-22)20-19-29(23,4)26(24)17-18-30(25,27)5/h22-27,32H,8-21H2,1-7H3/t23-,24-,25-,26-,27-,29-,30-,31-/m0/s1. The van der Waals surface area contributed by atoms with Crippen molar-refractivity contribution in [2.75, 3.05) is 0 Å². The van der Waals surface area contributed by atoms with Gasteiger partial charge in [0.2, 0.25) is 0 Å². The molecule has 0 aromatic rings. The molecule has 0 radical (unpaired) electrons. The Labute approximate surface area is 212 Å². The highest BCUT2D eigenvalue weighted by Gasteiger charge is 2.62. The minimum Gasteiger partial charge on any atom is -0.413 e. The van der Waals surface area contributed by atoms with Gasteiger partial charge in [0.1, 0.15) is 0 Å². The van der Waals surface area contributed by atoms with E-state index in [1.807, 2.05) is 0 Å². The Bertz CT molecular complexity index is 751. The van der Waals surface area contributed by atoms with Crippen molar-refractivity contribution in [2.24, 2.45) is 40.4 Å². The first-order valence-corrected chi connectivity index (χ1v) is 18.1. The molecule has 0 unspecified atom stereocenters. The molecule has 0 heterocycles. The molecule has 0 aliphatic heterocycles. The summed E-state index contributed by atoms with van der Waals surface area (Å²) in [5.41, 5.74) is 0.497. The van der Waals surface area contributed by atoms with E-state index in [1.54, 1.807) is 0 Å². The Morgan fingerprint density at radius 2 is 1.41 bits per heavy atom. The van der Waals surface area contributed by atoms with Crippen LogP contribution in [-0.2, 0) is 4.43 Å². The summed E-state index contributed by atoms with van der Waals surface area (Å²) in [6, 6.07) is 0. The van der Waals surface area contributed by atoms with Crippen molar-refractivity contribution in [3.8, 4) is 0 Å². The fourth-order valence-corrected chi connectivity index (χ4v) is 11.4. The van der Waals surface area contributed by atoms with Crippen molar-refractivity contribution in [2.45, 2.75) is 154 Å². The summed E-state index contributed by atoms with van der Waals surface area (Å²) in [6.45, 7) is 17.4. The maximum atomic E-state index is 11.8. The van der Waals surface area contributed by atoms with Crippen molar-refractivity contribution in [1.82, 2.24) is 0 Å². The van der Waals surface area contributed by atoms with Crippen molar-refractivity contribution in [1.29, 1.82) is 0 Å². The molecule has 34 heavy (non-hydrogen) atoms. The van der Waals surface area contributed by atoms with Gasteiger partial charge in [-0.1, -0.05) is 53.9 Å². The van der Waals surface area contributed by atoms with Crippen LogP contribution >= 0.6 is 0 Å². The van der Waals surface area contributed by atoms with E-state index in [1.165, 1.54) is 77.0 Å². The molecule has 0 saturated heterocycles. The Morgan fingerprint density at radius 1 is 0.735 bits per heavy atom. The second-order valence-corrected chi connectivity index (χ2v) is 20.5. The fraction of sp³-hybridized carbons (Fsp3) is 1.00. The zero-order valence-electron chi connectivity index (χ0n) is 23.7. The van der Waals surface area contributed by atoms with Crippen LogP contribution in [0.15, 0.2) is 0 Å². The van der Waals surface area contributed by atoms with Crippen LogP contribution in [0.2, 0.25) is 18.1 Å². The maximum Gasteiger partial charge on any atom is 0.192 e. The average Bonchev–Trinajstić information content (AvgIpc) is 3.10. The summed E-state index contributed by atoms with van der Waals surface area (Å²) in [5, 5.41) is 12.1. The summed E-state index contributed by atoms with van der Waals surface area (Å²) in [7, 11) is -1.74. The number of fused-ring (bicyclic) bond motifs is 5. The third-order valence-corrected chi connectivity index (χ3v) is 17.8. The van der Waals surface area contributed by atoms with Gasteiger partial charge in [-0.15, -0.1) is 0 Å². The first kappa shape index (κ1) is 25.8. The second kappa shape index (κ2) is 8.59. The van der Waals surface area contributed by atoms with E-state index in [4.69, 9.17) is 4.43 Å². The molecule has 3 heteroatoms. The van der Waals surface area contributed by atoms with Gasteiger partial charge in [-0.3, -0.25) is 0 Å². The first-order valence-electron chi connectivity index (χ1n) is 15.2. The Morgan fingerprint density at radius 3 is 2.09 bits per heavy atom. The molecule has 2 nitrogen and oxygen atoms in total. The normalized spacial score (nSPS) is 48.2. The van der Waals surface area contributed by atoms with Gasteiger partial charge in [0.05, 0.1) is 11.7 Å². The molecule has 1 N–H and O–H groups in total. The van der Waals surface area contributed by atoms with Gasteiger partial charge in [-0.05, 0) is 129 Å². The lowest BCUT2D eigenvalue weighted by Crippen LogP contribution is -2.58. The lowest BCUT2D eigenvalue weighted by molar-refractivity contribution is -0.170. The zero-order valence-corrected chi connectivity index (χ0v) is 24.7. The highest BCUT2D eigenvalue weighted by atomic mass is 28.4. The molecular weight excluding hydrogens is 432 g/mol. The molecule has 5 fully saturated rings. The van der Waals surface area contributed by atoms with Crippen LogP contribution in [0.3, 0.4) is 0 Å². The van der Waals surface area contributed by atoms with Crippen molar-refractivity contribution in [3.05, 3.63) is 0 Å². The van der Waals surface area contributed by atoms with Crippen LogP contribution in [0.25, 0.3) is 0 Å². The quantitative estimate of drug-likeness (QED) is 0.402. The number of aliphatic hydroxyl groups is 1. The van der Waals surface area contributed by atoms with Crippen LogP contribution in [0.1, 0.15) is 125 Å². The monoisotopic (exact) mass is 488 g/mol. The third-order valence-electron chi connectivity index (χ3n) is 13.3. The third kappa shape index (κ3) is 4.01. The molecule has 0 aromatic heterocycles. The van der Waals surface area contributed by atoms with Crippen LogP contribution in [0, 0.1) is 40.4 Å². The van der Waals surface area contributed by atoms with Crippen LogP contribution in [-0.4, -0.2) is 25.1 Å². The average molecular weight is 489 g/mol. The number of hydrogen-bond acceptors (Lipinski definition) is 2. The number of hydrogen-bond donors (Lipinski definition) is 1. The lowest BCUT2D eigenvalue weighted by Gasteiger charge is -2.63. The molecule has 0 aromatic carbocycles. The molecular formula is C31H56O2Si. The van der Waals surface area contributed by atoms with E-state index in [0.717, 1.165) is 36.5 Å². The summed E-state index contributed by atoms with van der Waals surface area (Å²) < 4.78 is 7.15. The SMILES string of the molecule is CC(C)(C)[Si](C)(C)O[C@H]1CC[C@H]2[C@@H]3CC[C@H]4C[C@](O)(C5CCCCC5)CC[C@]4(C)[C@H]3CC[C@]12C. The van der Waals surface area contributed by atoms with Gasteiger partial charge in [-0.25, -0.2) is 0 Å². The van der Waals surface area contributed by atoms with Crippen LogP contribution in [0.5, 0.6) is 0 Å². The molecule has 5 aliphatic rings.